The smallest absolute Gasteiger partial charge is 0.287 e. The van der Waals surface area contributed by atoms with Gasteiger partial charge in [0.2, 0.25) is 5.78 Å². The van der Waals surface area contributed by atoms with Crippen molar-refractivity contribution in [3.05, 3.63) is 72.4 Å². The minimum atomic E-state index is -1.10. The first kappa shape index (κ1) is 17.2. The molecule has 8 heteroatoms. The summed E-state index contributed by atoms with van der Waals surface area (Å²) in [4.78, 5) is 36.1. The van der Waals surface area contributed by atoms with Crippen molar-refractivity contribution in [3.8, 4) is 5.69 Å². The maximum atomic E-state index is 12.6. The molecule has 3 rings (SSSR count). The number of ketones is 1. The maximum absolute atomic E-state index is 12.6. The van der Waals surface area contributed by atoms with E-state index in [-0.39, 0.29) is 12.1 Å². The molecule has 132 valence electrons. The molecule has 1 aromatic carbocycles. The standard InChI is InChI=1S/C18H16N4O4/c19-17(24)16(23)14(10-12-4-2-1-3-5-12)21-18(25)15-6-8-20-22(15)13-7-9-26-11-13/h1-9,11,14H,10H2,(H2,19,24)(H,21,25). The van der Waals surface area contributed by atoms with Crippen LogP contribution in [-0.4, -0.2) is 33.4 Å². The number of rotatable bonds is 7. The van der Waals surface area contributed by atoms with Gasteiger partial charge in [-0.15, -0.1) is 0 Å². The number of Topliss-reactive ketones (excluding diaryl/α,β-unsaturated/α-hetero) is 1. The monoisotopic (exact) mass is 352 g/mol. The summed E-state index contributed by atoms with van der Waals surface area (Å²) in [6.07, 6.45) is 4.48. The molecule has 2 aromatic heterocycles. The molecule has 0 fully saturated rings. The zero-order valence-corrected chi connectivity index (χ0v) is 13.7. The van der Waals surface area contributed by atoms with Crippen molar-refractivity contribution >= 4 is 17.6 Å². The predicted molar refractivity (Wildman–Crippen MR) is 91.4 cm³/mol. The van der Waals surface area contributed by atoms with Crippen LogP contribution in [0.1, 0.15) is 16.1 Å². The number of primary amides is 1. The van der Waals surface area contributed by atoms with E-state index in [0.29, 0.717) is 5.69 Å². The van der Waals surface area contributed by atoms with Crippen LogP contribution >= 0.6 is 0 Å². The second-order valence-corrected chi connectivity index (χ2v) is 5.55. The summed E-state index contributed by atoms with van der Waals surface area (Å²) in [5.41, 5.74) is 6.66. The van der Waals surface area contributed by atoms with Crippen LogP contribution in [0.4, 0.5) is 0 Å². The average Bonchev–Trinajstić information content (AvgIpc) is 3.32. The summed E-state index contributed by atoms with van der Waals surface area (Å²) in [6, 6.07) is 11.1. The molecule has 0 spiro atoms. The Morgan fingerprint density at radius 3 is 2.58 bits per heavy atom. The van der Waals surface area contributed by atoms with Crippen molar-refractivity contribution in [1.29, 1.82) is 0 Å². The van der Waals surface area contributed by atoms with Gasteiger partial charge in [0.1, 0.15) is 23.7 Å². The van der Waals surface area contributed by atoms with E-state index in [2.05, 4.69) is 10.4 Å². The van der Waals surface area contributed by atoms with E-state index < -0.39 is 23.6 Å². The SMILES string of the molecule is NC(=O)C(=O)C(Cc1ccccc1)NC(=O)c1ccnn1-c1ccoc1. The van der Waals surface area contributed by atoms with Crippen LogP contribution in [0.25, 0.3) is 5.69 Å². The van der Waals surface area contributed by atoms with Crippen LogP contribution in [0.15, 0.2) is 65.6 Å². The second kappa shape index (κ2) is 7.47. The van der Waals surface area contributed by atoms with Crippen molar-refractivity contribution in [2.75, 3.05) is 0 Å². The number of hydrogen-bond donors (Lipinski definition) is 2. The fourth-order valence-corrected chi connectivity index (χ4v) is 2.52. The summed E-state index contributed by atoms with van der Waals surface area (Å²) < 4.78 is 6.36. The Kier molecular flexibility index (Phi) is 4.93. The van der Waals surface area contributed by atoms with Gasteiger partial charge in [-0.05, 0) is 11.6 Å². The van der Waals surface area contributed by atoms with Crippen LogP contribution in [0.3, 0.4) is 0 Å². The lowest BCUT2D eigenvalue weighted by Gasteiger charge is -2.16. The quantitative estimate of drug-likeness (QED) is 0.611. The number of nitrogens with zero attached hydrogens (tertiary/aromatic N) is 2. The lowest BCUT2D eigenvalue weighted by molar-refractivity contribution is -0.137. The van der Waals surface area contributed by atoms with Gasteiger partial charge < -0.3 is 15.5 Å². The lowest BCUT2D eigenvalue weighted by Crippen LogP contribution is -2.47. The molecule has 26 heavy (non-hydrogen) atoms. The van der Waals surface area contributed by atoms with Crippen molar-refractivity contribution in [1.82, 2.24) is 15.1 Å². The summed E-state index contributed by atoms with van der Waals surface area (Å²) in [5.74, 6) is -2.52. The first-order chi connectivity index (χ1) is 12.6. The van der Waals surface area contributed by atoms with Gasteiger partial charge in [0, 0.05) is 12.5 Å². The van der Waals surface area contributed by atoms with E-state index in [0.717, 1.165) is 5.56 Å². The number of aromatic nitrogens is 2. The van der Waals surface area contributed by atoms with Crippen LogP contribution in [0, 0.1) is 0 Å². The molecule has 0 aliphatic rings. The molecule has 1 atom stereocenters. The average molecular weight is 352 g/mol. The van der Waals surface area contributed by atoms with Crippen molar-refractivity contribution in [3.63, 3.8) is 0 Å². The number of nitrogens with one attached hydrogen (secondary N) is 1. The van der Waals surface area contributed by atoms with Crippen LogP contribution in [0.5, 0.6) is 0 Å². The van der Waals surface area contributed by atoms with Gasteiger partial charge in [-0.25, -0.2) is 4.68 Å². The molecule has 1 unspecified atom stereocenters. The van der Waals surface area contributed by atoms with E-state index in [1.54, 1.807) is 30.3 Å². The van der Waals surface area contributed by atoms with Crippen molar-refractivity contribution in [2.45, 2.75) is 12.5 Å². The van der Waals surface area contributed by atoms with E-state index >= 15 is 0 Å². The Balaban J connectivity index is 1.83. The van der Waals surface area contributed by atoms with Gasteiger partial charge in [-0.2, -0.15) is 5.10 Å². The van der Waals surface area contributed by atoms with E-state index in [1.165, 1.54) is 29.5 Å². The Labute approximate surface area is 148 Å². The number of nitrogens with two attached hydrogens (primary N) is 1. The number of hydrogen-bond acceptors (Lipinski definition) is 5. The van der Waals surface area contributed by atoms with Gasteiger partial charge in [0.05, 0.1) is 12.5 Å². The van der Waals surface area contributed by atoms with Gasteiger partial charge in [-0.1, -0.05) is 30.3 Å². The largest absolute Gasteiger partial charge is 0.470 e. The molecule has 8 nitrogen and oxygen atoms in total. The number of carbonyl (C=O) groups excluding carboxylic acids is 3. The molecule has 0 radical (unpaired) electrons. The molecule has 0 saturated carbocycles. The number of benzene rings is 1. The summed E-state index contributed by atoms with van der Waals surface area (Å²) in [5, 5.41) is 6.64. The fraction of sp³-hybridized carbons (Fsp3) is 0.111. The molecular weight excluding hydrogens is 336 g/mol. The van der Waals surface area contributed by atoms with Gasteiger partial charge in [0.15, 0.2) is 0 Å². The minimum Gasteiger partial charge on any atom is -0.470 e. The second-order valence-electron chi connectivity index (χ2n) is 5.55. The van der Waals surface area contributed by atoms with Crippen molar-refractivity contribution in [2.24, 2.45) is 5.73 Å². The Hall–Kier alpha value is -3.68. The highest BCUT2D eigenvalue weighted by Gasteiger charge is 2.27. The van der Waals surface area contributed by atoms with Gasteiger partial charge in [0.25, 0.3) is 11.8 Å². The zero-order chi connectivity index (χ0) is 18.5. The fourth-order valence-electron chi connectivity index (χ4n) is 2.52. The van der Waals surface area contributed by atoms with E-state index in [9.17, 15) is 14.4 Å². The predicted octanol–water partition coefficient (Wildman–Crippen LogP) is 0.861. The molecular formula is C18H16N4O4. The zero-order valence-electron chi connectivity index (χ0n) is 13.7. The summed E-state index contributed by atoms with van der Waals surface area (Å²) >= 11 is 0. The Morgan fingerprint density at radius 1 is 1.15 bits per heavy atom. The van der Waals surface area contributed by atoms with Crippen LogP contribution < -0.4 is 11.1 Å². The molecule has 3 N–H and O–H groups in total. The highest BCUT2D eigenvalue weighted by molar-refractivity contribution is 6.38. The molecule has 0 saturated heterocycles. The third-order valence-corrected chi connectivity index (χ3v) is 3.77. The van der Waals surface area contributed by atoms with Crippen molar-refractivity contribution < 1.29 is 18.8 Å². The lowest BCUT2D eigenvalue weighted by atomic mass is 10.0. The third kappa shape index (κ3) is 3.69. The minimum absolute atomic E-state index is 0.147. The Morgan fingerprint density at radius 2 is 1.92 bits per heavy atom. The molecule has 3 aromatic rings. The molecule has 2 amide bonds. The molecule has 0 bridgehead atoms. The first-order valence-corrected chi connectivity index (χ1v) is 7.81. The summed E-state index contributed by atoms with van der Waals surface area (Å²) in [7, 11) is 0. The molecule has 0 aliphatic carbocycles. The maximum Gasteiger partial charge on any atom is 0.287 e. The van der Waals surface area contributed by atoms with Crippen LogP contribution in [0.2, 0.25) is 0 Å². The van der Waals surface area contributed by atoms with Gasteiger partial charge >= 0.3 is 0 Å². The van der Waals surface area contributed by atoms with E-state index in [4.69, 9.17) is 10.2 Å². The normalized spacial score (nSPS) is 11.7. The molecule has 2 heterocycles. The number of carbonyl (C=O) groups is 3. The van der Waals surface area contributed by atoms with Gasteiger partial charge in [-0.3, -0.25) is 14.4 Å². The third-order valence-electron chi connectivity index (χ3n) is 3.77. The molecule has 0 aliphatic heterocycles. The van der Waals surface area contributed by atoms with E-state index in [1.807, 2.05) is 6.07 Å². The first-order valence-electron chi connectivity index (χ1n) is 7.81. The summed E-state index contributed by atoms with van der Waals surface area (Å²) in [6.45, 7) is 0. The Bertz CT molecular complexity index is 916. The number of furan rings is 1. The number of amides is 2. The topological polar surface area (TPSA) is 120 Å². The highest BCUT2D eigenvalue weighted by atomic mass is 16.3. The van der Waals surface area contributed by atoms with Crippen LogP contribution in [-0.2, 0) is 16.0 Å². The highest BCUT2D eigenvalue weighted by Crippen LogP contribution is 2.12.